The van der Waals surface area contributed by atoms with Gasteiger partial charge in [-0.2, -0.15) is 0 Å². The quantitative estimate of drug-likeness (QED) is 0.889. The van der Waals surface area contributed by atoms with Gasteiger partial charge in [-0.15, -0.1) is 0 Å². The summed E-state index contributed by atoms with van der Waals surface area (Å²) in [6, 6.07) is 21.1. The van der Waals surface area contributed by atoms with Crippen LogP contribution in [0, 0.1) is 0 Å². The van der Waals surface area contributed by atoms with Gasteiger partial charge in [0.2, 0.25) is 0 Å². The fourth-order valence-electron chi connectivity index (χ4n) is 3.18. The lowest BCUT2D eigenvalue weighted by atomic mass is 9.97. The predicted octanol–water partition coefficient (Wildman–Crippen LogP) is 2.43. The van der Waals surface area contributed by atoms with Crippen molar-refractivity contribution in [1.82, 2.24) is 10.2 Å². The monoisotopic (exact) mass is 296 g/mol. The molecule has 0 amide bonds. The first-order valence-corrected chi connectivity index (χ1v) is 8.04. The molecular formula is C19H24N2O. The summed E-state index contributed by atoms with van der Waals surface area (Å²) in [4.78, 5) is 2.29. The van der Waals surface area contributed by atoms with Crippen LogP contribution in [0.4, 0.5) is 0 Å². The lowest BCUT2D eigenvalue weighted by Crippen LogP contribution is -2.41. The van der Waals surface area contributed by atoms with Gasteiger partial charge >= 0.3 is 0 Å². The van der Waals surface area contributed by atoms with Crippen LogP contribution in [-0.4, -0.2) is 41.8 Å². The summed E-state index contributed by atoms with van der Waals surface area (Å²) in [5, 5.41) is 14.0. The second-order valence-electron chi connectivity index (χ2n) is 5.95. The number of nitrogens with one attached hydrogen (secondary N) is 1. The van der Waals surface area contributed by atoms with Crippen LogP contribution < -0.4 is 5.32 Å². The van der Waals surface area contributed by atoms with E-state index in [9.17, 15) is 5.11 Å². The van der Waals surface area contributed by atoms with Gasteiger partial charge in [-0.05, 0) is 17.7 Å². The van der Waals surface area contributed by atoms with Crippen molar-refractivity contribution in [3.63, 3.8) is 0 Å². The molecule has 3 heteroatoms. The van der Waals surface area contributed by atoms with E-state index in [4.69, 9.17) is 0 Å². The molecular weight excluding hydrogens is 272 g/mol. The van der Waals surface area contributed by atoms with Crippen molar-refractivity contribution >= 4 is 0 Å². The lowest BCUT2D eigenvalue weighted by Gasteiger charge is -2.25. The molecule has 2 aromatic rings. The molecule has 0 saturated carbocycles. The number of benzene rings is 2. The molecule has 1 heterocycles. The Balaban J connectivity index is 1.84. The first kappa shape index (κ1) is 15.2. The van der Waals surface area contributed by atoms with Crippen molar-refractivity contribution in [3.05, 3.63) is 71.8 Å². The molecule has 3 rings (SSSR count). The van der Waals surface area contributed by atoms with Gasteiger partial charge < -0.3 is 5.11 Å². The summed E-state index contributed by atoms with van der Waals surface area (Å²) in [6.45, 7) is 4.77. The Kier molecular flexibility index (Phi) is 4.88. The maximum atomic E-state index is 10.3. The minimum absolute atomic E-state index is 0.102. The summed E-state index contributed by atoms with van der Waals surface area (Å²) in [5.41, 5.74) is 2.46. The number of rotatable bonds is 5. The van der Waals surface area contributed by atoms with Crippen molar-refractivity contribution < 1.29 is 5.11 Å². The second-order valence-corrected chi connectivity index (χ2v) is 5.95. The van der Waals surface area contributed by atoms with Crippen LogP contribution in [0.15, 0.2) is 60.7 Å². The molecule has 2 N–H and O–H groups in total. The molecule has 22 heavy (non-hydrogen) atoms. The second kappa shape index (κ2) is 7.05. The number of aliphatic hydroxyl groups is 1. The number of hydrogen-bond acceptors (Lipinski definition) is 3. The highest BCUT2D eigenvalue weighted by molar-refractivity contribution is 5.31. The number of likely N-dealkylation sites (tertiary alicyclic amines) is 1. The highest BCUT2D eigenvalue weighted by atomic mass is 16.3. The van der Waals surface area contributed by atoms with Crippen molar-refractivity contribution in [2.45, 2.75) is 25.1 Å². The standard InChI is InChI=1S/C19H24N2O/c1-2-21-13-17(18(22)14-21)20-19(15-9-5-3-6-10-15)16-11-7-4-8-12-16/h3-12,17-20,22H,2,13-14H2,1H3/t17-,18-/m1/s1. The largest absolute Gasteiger partial charge is 0.390 e. The minimum Gasteiger partial charge on any atom is -0.390 e. The Hall–Kier alpha value is -1.68. The van der Waals surface area contributed by atoms with E-state index < -0.39 is 0 Å². The van der Waals surface area contributed by atoms with Crippen LogP contribution >= 0.6 is 0 Å². The number of aliphatic hydroxyl groups excluding tert-OH is 1. The van der Waals surface area contributed by atoms with Gasteiger partial charge in [0, 0.05) is 19.1 Å². The van der Waals surface area contributed by atoms with Crippen molar-refractivity contribution in [2.75, 3.05) is 19.6 Å². The van der Waals surface area contributed by atoms with Gasteiger partial charge in [0.25, 0.3) is 0 Å². The molecule has 1 saturated heterocycles. The molecule has 0 aliphatic carbocycles. The summed E-state index contributed by atoms with van der Waals surface area (Å²) in [6.07, 6.45) is -0.310. The zero-order chi connectivity index (χ0) is 15.4. The van der Waals surface area contributed by atoms with Gasteiger partial charge in [0.05, 0.1) is 12.1 Å². The van der Waals surface area contributed by atoms with E-state index in [1.54, 1.807) is 0 Å². The Labute approximate surface area is 132 Å². The number of likely N-dealkylation sites (N-methyl/N-ethyl adjacent to an activating group) is 1. The van der Waals surface area contributed by atoms with E-state index in [0.29, 0.717) is 0 Å². The van der Waals surface area contributed by atoms with Crippen LogP contribution in [0.1, 0.15) is 24.1 Å². The first-order chi connectivity index (χ1) is 10.8. The fraction of sp³-hybridized carbons (Fsp3) is 0.368. The topological polar surface area (TPSA) is 35.5 Å². The van der Waals surface area contributed by atoms with E-state index >= 15 is 0 Å². The Morgan fingerprint density at radius 3 is 2.00 bits per heavy atom. The molecule has 0 unspecified atom stereocenters. The molecule has 2 atom stereocenters. The summed E-state index contributed by atoms with van der Waals surface area (Å²) >= 11 is 0. The zero-order valence-corrected chi connectivity index (χ0v) is 13.0. The Morgan fingerprint density at radius 2 is 1.55 bits per heavy atom. The maximum absolute atomic E-state index is 10.3. The van der Waals surface area contributed by atoms with E-state index in [1.807, 2.05) is 12.1 Å². The van der Waals surface area contributed by atoms with E-state index in [1.165, 1.54) is 11.1 Å². The molecule has 0 aromatic heterocycles. The van der Waals surface area contributed by atoms with E-state index in [2.05, 4.69) is 65.7 Å². The molecule has 0 radical (unpaired) electrons. The molecule has 116 valence electrons. The van der Waals surface area contributed by atoms with E-state index in [0.717, 1.165) is 19.6 Å². The first-order valence-electron chi connectivity index (χ1n) is 8.04. The van der Waals surface area contributed by atoms with Gasteiger partial charge in [0.15, 0.2) is 0 Å². The van der Waals surface area contributed by atoms with Crippen molar-refractivity contribution in [2.24, 2.45) is 0 Å². The molecule has 0 spiro atoms. The summed E-state index contributed by atoms with van der Waals surface area (Å²) < 4.78 is 0. The average molecular weight is 296 g/mol. The van der Waals surface area contributed by atoms with Crippen LogP contribution in [0.25, 0.3) is 0 Å². The molecule has 1 aliphatic heterocycles. The average Bonchev–Trinajstić information content (AvgIpc) is 2.94. The third-order valence-corrected chi connectivity index (χ3v) is 4.46. The van der Waals surface area contributed by atoms with E-state index in [-0.39, 0.29) is 18.2 Å². The van der Waals surface area contributed by atoms with Crippen LogP contribution in [0.3, 0.4) is 0 Å². The number of hydrogen-bond donors (Lipinski definition) is 2. The molecule has 2 aromatic carbocycles. The number of nitrogens with zero attached hydrogens (tertiary/aromatic N) is 1. The minimum atomic E-state index is -0.310. The van der Waals surface area contributed by atoms with Gasteiger partial charge in [0.1, 0.15) is 0 Å². The smallest absolute Gasteiger partial charge is 0.0832 e. The predicted molar refractivity (Wildman–Crippen MR) is 89.8 cm³/mol. The molecule has 3 nitrogen and oxygen atoms in total. The SMILES string of the molecule is CCN1C[C@@H](O)[C@H](NC(c2ccccc2)c2ccccc2)C1. The van der Waals surface area contributed by atoms with Gasteiger partial charge in [-0.3, -0.25) is 10.2 Å². The van der Waals surface area contributed by atoms with Crippen LogP contribution in [-0.2, 0) is 0 Å². The van der Waals surface area contributed by atoms with Gasteiger partial charge in [-0.25, -0.2) is 0 Å². The van der Waals surface area contributed by atoms with Crippen molar-refractivity contribution in [3.8, 4) is 0 Å². The molecule has 1 aliphatic rings. The zero-order valence-electron chi connectivity index (χ0n) is 13.0. The highest BCUT2D eigenvalue weighted by Crippen LogP contribution is 2.24. The molecule has 0 bridgehead atoms. The van der Waals surface area contributed by atoms with Crippen LogP contribution in [0.5, 0.6) is 0 Å². The third-order valence-electron chi connectivity index (χ3n) is 4.46. The van der Waals surface area contributed by atoms with Crippen molar-refractivity contribution in [1.29, 1.82) is 0 Å². The fourth-order valence-corrected chi connectivity index (χ4v) is 3.18. The van der Waals surface area contributed by atoms with Crippen LogP contribution in [0.2, 0.25) is 0 Å². The molecule has 1 fully saturated rings. The lowest BCUT2D eigenvalue weighted by molar-refractivity contribution is 0.152. The summed E-state index contributed by atoms with van der Waals surface area (Å²) in [7, 11) is 0. The Morgan fingerprint density at radius 1 is 1.00 bits per heavy atom. The normalized spacial score (nSPS) is 22.3. The third kappa shape index (κ3) is 3.38. The maximum Gasteiger partial charge on any atom is 0.0832 e. The highest BCUT2D eigenvalue weighted by Gasteiger charge is 2.32. The Bertz CT molecular complexity index is 533. The van der Waals surface area contributed by atoms with Gasteiger partial charge in [-0.1, -0.05) is 67.6 Å². The summed E-state index contributed by atoms with van der Waals surface area (Å²) in [5.74, 6) is 0. The number of β-amino-alcohol motifs (C(OH)–C–C–N with tert-alkyl or cyclic N) is 1.